The summed E-state index contributed by atoms with van der Waals surface area (Å²) >= 11 is 0. The van der Waals surface area contributed by atoms with Gasteiger partial charge in [0.1, 0.15) is 11.6 Å². The highest BCUT2D eigenvalue weighted by Crippen LogP contribution is 2.30. The molecule has 0 bridgehead atoms. The zero-order valence-corrected chi connectivity index (χ0v) is 16.6. The van der Waals surface area contributed by atoms with E-state index in [0.717, 1.165) is 23.2 Å². The van der Waals surface area contributed by atoms with Gasteiger partial charge in [0.05, 0.1) is 16.6 Å². The molecule has 0 fully saturated rings. The highest BCUT2D eigenvalue weighted by Gasteiger charge is 2.30. The molecule has 3 rings (SSSR count). The lowest BCUT2D eigenvalue weighted by atomic mass is 10.2. The van der Waals surface area contributed by atoms with Crippen molar-refractivity contribution < 1.29 is 18.4 Å². The summed E-state index contributed by atoms with van der Waals surface area (Å²) in [5, 5.41) is 12.3. The van der Waals surface area contributed by atoms with Gasteiger partial charge < -0.3 is 11.1 Å². The third-order valence-electron chi connectivity index (χ3n) is 4.30. The number of para-hydroxylation sites is 2. The minimum absolute atomic E-state index is 0.132. The van der Waals surface area contributed by atoms with E-state index in [1.54, 1.807) is 4.57 Å². The maximum Gasteiger partial charge on any atom is 0.416 e. The van der Waals surface area contributed by atoms with Gasteiger partial charge in [-0.15, -0.1) is 0 Å². The first-order valence-electron chi connectivity index (χ1n) is 9.28. The van der Waals surface area contributed by atoms with Gasteiger partial charge in [0.25, 0.3) is 0 Å². The van der Waals surface area contributed by atoms with Gasteiger partial charge in [0.15, 0.2) is 0 Å². The number of nitrogens with two attached hydrogens (primary N) is 1. The average molecular weight is 430 g/mol. The zero-order valence-electron chi connectivity index (χ0n) is 16.6. The summed E-state index contributed by atoms with van der Waals surface area (Å²) in [5.41, 5.74) is 8.92. The van der Waals surface area contributed by atoms with E-state index in [1.165, 1.54) is 18.2 Å². The Morgan fingerprint density at radius 2 is 1.90 bits per heavy atom. The van der Waals surface area contributed by atoms with Crippen molar-refractivity contribution in [1.82, 2.24) is 15.0 Å². The van der Waals surface area contributed by atoms with Crippen LogP contribution in [0.2, 0.25) is 0 Å². The molecule has 0 aliphatic heterocycles. The lowest BCUT2D eigenvalue weighted by Crippen LogP contribution is -2.28. The van der Waals surface area contributed by atoms with Crippen molar-refractivity contribution in [3.05, 3.63) is 78.3 Å². The minimum atomic E-state index is -4.44. The van der Waals surface area contributed by atoms with E-state index in [9.17, 15) is 18.4 Å². The van der Waals surface area contributed by atoms with Crippen molar-refractivity contribution in [2.45, 2.75) is 19.5 Å². The lowest BCUT2D eigenvalue weighted by molar-refractivity contribution is -0.137. The van der Waals surface area contributed by atoms with Crippen molar-refractivity contribution in [2.24, 2.45) is 10.7 Å². The van der Waals surface area contributed by atoms with Crippen molar-refractivity contribution in [2.75, 3.05) is 5.32 Å². The monoisotopic (exact) mass is 430 g/mol. The van der Waals surface area contributed by atoms with E-state index in [4.69, 9.17) is 5.73 Å². The first-order chi connectivity index (χ1) is 14.7. The van der Waals surface area contributed by atoms with Gasteiger partial charge in [-0.3, -0.25) is 9.77 Å². The molecule has 1 aromatic heterocycles. The first kappa shape index (κ1) is 21.9. The van der Waals surface area contributed by atoms with Gasteiger partial charge >= 0.3 is 6.18 Å². The summed E-state index contributed by atoms with van der Waals surface area (Å²) in [7, 11) is 0. The highest BCUT2D eigenvalue weighted by atomic mass is 19.4. The largest absolute Gasteiger partial charge is 0.416 e. The fraction of sp³-hybridized carbons (Fsp3) is 0.143. The molecule has 31 heavy (non-hydrogen) atoms. The molecule has 0 radical (unpaired) electrons. The van der Waals surface area contributed by atoms with Crippen LogP contribution in [0.5, 0.6) is 0 Å². The number of nitrogens with one attached hydrogen (secondary N) is 2. The van der Waals surface area contributed by atoms with E-state index < -0.39 is 11.7 Å². The number of benzene rings is 2. The predicted molar refractivity (Wildman–Crippen MR) is 114 cm³/mol. The number of imidazole rings is 1. The Balaban J connectivity index is 2.02. The molecule has 0 aliphatic rings. The molecule has 1 heterocycles. The molecule has 162 valence electrons. The summed E-state index contributed by atoms with van der Waals surface area (Å²) in [6.07, 6.45) is -2.35. The van der Waals surface area contributed by atoms with E-state index in [0.29, 0.717) is 18.1 Å². The number of allylic oxidation sites excluding steroid dienone is 1. The van der Waals surface area contributed by atoms with E-state index in [-0.39, 0.29) is 17.3 Å². The van der Waals surface area contributed by atoms with Gasteiger partial charge in [-0.2, -0.15) is 18.2 Å². The second-order valence-electron chi connectivity index (χ2n) is 6.56. The summed E-state index contributed by atoms with van der Waals surface area (Å²) in [5.74, 6) is 0.866. The third kappa shape index (κ3) is 5.04. The molecule has 0 spiro atoms. The van der Waals surface area contributed by atoms with Crippen molar-refractivity contribution in [3.63, 3.8) is 0 Å². The van der Waals surface area contributed by atoms with Crippen molar-refractivity contribution >= 4 is 28.5 Å². The number of aryl methyl sites for hydroxylation is 1. The van der Waals surface area contributed by atoms with E-state index >= 15 is 0 Å². The van der Waals surface area contributed by atoms with Crippen molar-refractivity contribution in [3.8, 4) is 0 Å². The van der Waals surface area contributed by atoms with Crippen LogP contribution in [-0.4, -0.2) is 20.7 Å². The number of hydrogen-bond acceptors (Lipinski definition) is 4. The maximum atomic E-state index is 12.8. The van der Waals surface area contributed by atoms with Gasteiger partial charge in [-0.05, 0) is 36.4 Å². The molecule has 0 saturated carbocycles. The van der Waals surface area contributed by atoms with Crippen LogP contribution in [0.4, 0.5) is 18.9 Å². The van der Waals surface area contributed by atoms with Crippen LogP contribution in [0.1, 0.15) is 18.3 Å². The minimum Gasteiger partial charge on any atom is -0.399 e. The molecular formula is C21H21F3N6O. The number of alkyl halides is 3. The Morgan fingerprint density at radius 1 is 1.23 bits per heavy atom. The number of aromatic nitrogens is 2. The maximum absolute atomic E-state index is 12.8. The molecule has 0 saturated heterocycles. The number of aliphatic imine (C=N–C) groups is 1. The topological polar surface area (TPSA) is 100 Å². The summed E-state index contributed by atoms with van der Waals surface area (Å²) < 4.78 is 40.1. The number of hydrogen-bond donors (Lipinski definition) is 4. The molecule has 10 heteroatoms. The number of nitrogens with zero attached hydrogens (tertiary/aromatic N) is 3. The van der Waals surface area contributed by atoms with Crippen LogP contribution in [-0.2, 0) is 12.6 Å². The summed E-state index contributed by atoms with van der Waals surface area (Å²) in [6.45, 7) is 5.61. The SMILES string of the molecule is C=C(N)/C=C(\N=C(/NO)Nc1ccc(C(F)(F)F)cc1)n1c(CC)nc2ccccc21. The first-order valence-corrected chi connectivity index (χ1v) is 9.28. The van der Waals surface area contributed by atoms with Crippen LogP contribution in [0.3, 0.4) is 0 Å². The predicted octanol–water partition coefficient (Wildman–Crippen LogP) is 4.34. The van der Waals surface area contributed by atoms with Gasteiger partial charge in [0, 0.05) is 23.9 Å². The molecule has 5 N–H and O–H groups in total. The van der Waals surface area contributed by atoms with E-state index in [1.807, 2.05) is 36.7 Å². The normalized spacial score (nSPS) is 12.8. The highest BCUT2D eigenvalue weighted by molar-refractivity contribution is 5.96. The molecule has 3 aromatic rings. The summed E-state index contributed by atoms with van der Waals surface area (Å²) in [6, 6.07) is 11.7. The standard InChI is InChI=1S/C21H21F3N6O/c1-3-18-27-16-6-4-5-7-17(16)30(18)19(12-13(2)25)28-20(29-31)26-15-10-8-14(9-11-15)21(22,23)24/h4-12,31H,2-3,25H2,1H3,(H2,26,28,29)/b19-12+. The van der Waals surface area contributed by atoms with Crippen LogP contribution < -0.4 is 16.5 Å². The van der Waals surface area contributed by atoms with Crippen LogP contribution in [0, 0.1) is 0 Å². The number of anilines is 1. The smallest absolute Gasteiger partial charge is 0.399 e. The van der Waals surface area contributed by atoms with Crippen LogP contribution in [0.25, 0.3) is 16.9 Å². The van der Waals surface area contributed by atoms with Crippen LogP contribution in [0.15, 0.2) is 71.9 Å². The number of rotatable bonds is 5. The number of fused-ring (bicyclic) bond motifs is 1. The molecule has 7 nitrogen and oxygen atoms in total. The Hall–Kier alpha value is -3.79. The molecule has 0 unspecified atom stereocenters. The number of guanidine groups is 1. The Bertz CT molecular complexity index is 1150. The molecule has 0 amide bonds. The summed E-state index contributed by atoms with van der Waals surface area (Å²) in [4.78, 5) is 8.95. The van der Waals surface area contributed by atoms with Gasteiger partial charge in [-0.1, -0.05) is 25.6 Å². The third-order valence-corrected chi connectivity index (χ3v) is 4.30. The Labute approximate surface area is 176 Å². The number of hydroxylamine groups is 1. The average Bonchev–Trinajstić information content (AvgIpc) is 3.10. The quantitative estimate of drug-likeness (QED) is 0.209. The molecular weight excluding hydrogens is 409 g/mol. The Kier molecular flexibility index (Phi) is 6.30. The van der Waals surface area contributed by atoms with E-state index in [2.05, 4.69) is 21.9 Å². The fourth-order valence-electron chi connectivity index (χ4n) is 2.96. The molecule has 0 aliphatic carbocycles. The lowest BCUT2D eigenvalue weighted by Gasteiger charge is -2.13. The van der Waals surface area contributed by atoms with Crippen LogP contribution >= 0.6 is 0 Å². The van der Waals surface area contributed by atoms with Gasteiger partial charge in [0.2, 0.25) is 5.96 Å². The number of halogens is 3. The second kappa shape index (κ2) is 8.92. The Morgan fingerprint density at radius 3 is 2.48 bits per heavy atom. The van der Waals surface area contributed by atoms with Gasteiger partial charge in [-0.25, -0.2) is 10.5 Å². The molecule has 2 aromatic carbocycles. The second-order valence-corrected chi connectivity index (χ2v) is 6.56. The molecule has 0 atom stereocenters. The van der Waals surface area contributed by atoms with Crippen molar-refractivity contribution in [1.29, 1.82) is 0 Å². The fourth-order valence-corrected chi connectivity index (χ4v) is 2.96. The zero-order chi connectivity index (χ0) is 22.6.